The molecule has 31 heavy (non-hydrogen) atoms. The van der Waals surface area contributed by atoms with Crippen LogP contribution >= 0.6 is 34.4 Å². The van der Waals surface area contributed by atoms with Crippen LogP contribution in [0.25, 0.3) is 0 Å². The lowest BCUT2D eigenvalue weighted by molar-refractivity contribution is -0.113. The zero-order valence-electron chi connectivity index (χ0n) is 16.6. The first kappa shape index (κ1) is 22.7. The number of nitrogen functional groups attached to an aromatic ring is 1. The lowest BCUT2D eigenvalue weighted by atomic mass is 10.1. The maximum absolute atomic E-state index is 12.8. The van der Waals surface area contributed by atoms with Gasteiger partial charge in [-0.25, -0.2) is 4.79 Å². The van der Waals surface area contributed by atoms with Crippen LogP contribution in [0.2, 0.25) is 0 Å². The Balaban J connectivity index is 1.80. The Kier molecular flexibility index (Phi) is 7.60. The molecule has 3 rings (SSSR count). The first-order valence-corrected chi connectivity index (χ1v) is 11.7. The second-order valence-corrected chi connectivity index (χ2v) is 9.30. The standard InChI is InChI=1S/C19H19N5O4S3/c1-3-28-17(27)13-10(2)14(15(26)21-11-7-5-4-6-8-11)30-16(13)22-12(25)9-29-19-24-23-18(20)31-19/h4-8H,3,9H2,1-2H3,(H2,20,23)(H,21,26)(H,22,25). The van der Waals surface area contributed by atoms with Crippen molar-refractivity contribution in [3.05, 3.63) is 46.3 Å². The van der Waals surface area contributed by atoms with E-state index in [0.29, 0.717) is 25.6 Å². The molecule has 2 heterocycles. The number of nitrogens with zero attached hydrogens (tertiary/aromatic N) is 2. The first-order valence-electron chi connectivity index (χ1n) is 9.07. The van der Waals surface area contributed by atoms with E-state index in [0.717, 1.165) is 11.3 Å². The fourth-order valence-corrected chi connectivity index (χ4v) is 5.09. The molecule has 2 aromatic heterocycles. The molecule has 0 radical (unpaired) electrons. The van der Waals surface area contributed by atoms with Crippen LogP contribution in [0, 0.1) is 6.92 Å². The summed E-state index contributed by atoms with van der Waals surface area (Å²) in [6, 6.07) is 8.96. The van der Waals surface area contributed by atoms with E-state index in [1.165, 1.54) is 23.1 Å². The SMILES string of the molecule is CCOC(=O)c1c(NC(=O)CSc2nnc(N)s2)sc(C(=O)Nc2ccccc2)c1C. The number of hydrogen-bond acceptors (Lipinski definition) is 10. The molecule has 162 valence electrons. The van der Waals surface area contributed by atoms with Gasteiger partial charge in [-0.05, 0) is 31.5 Å². The van der Waals surface area contributed by atoms with E-state index in [4.69, 9.17) is 10.5 Å². The molecule has 3 aromatic rings. The quantitative estimate of drug-likeness (QED) is 0.330. The van der Waals surface area contributed by atoms with Crippen molar-refractivity contribution in [3.8, 4) is 0 Å². The van der Waals surface area contributed by atoms with E-state index >= 15 is 0 Å². The number of nitrogens with two attached hydrogens (primary N) is 1. The molecule has 0 unspecified atom stereocenters. The Morgan fingerprint density at radius 3 is 2.52 bits per heavy atom. The number of thioether (sulfide) groups is 1. The topological polar surface area (TPSA) is 136 Å². The molecule has 0 fully saturated rings. The van der Waals surface area contributed by atoms with Crippen LogP contribution in [0.4, 0.5) is 15.8 Å². The largest absolute Gasteiger partial charge is 0.462 e. The molecular formula is C19H19N5O4S3. The van der Waals surface area contributed by atoms with E-state index in [1.807, 2.05) is 6.07 Å². The van der Waals surface area contributed by atoms with Crippen LogP contribution in [0.5, 0.6) is 0 Å². The molecule has 0 bridgehead atoms. The van der Waals surface area contributed by atoms with Gasteiger partial charge in [-0.3, -0.25) is 9.59 Å². The summed E-state index contributed by atoms with van der Waals surface area (Å²) in [6.45, 7) is 3.50. The smallest absolute Gasteiger partial charge is 0.341 e. The van der Waals surface area contributed by atoms with Gasteiger partial charge >= 0.3 is 5.97 Å². The number of nitrogens with one attached hydrogen (secondary N) is 2. The van der Waals surface area contributed by atoms with Gasteiger partial charge in [0.15, 0.2) is 4.34 Å². The molecule has 4 N–H and O–H groups in total. The molecule has 9 nitrogen and oxygen atoms in total. The monoisotopic (exact) mass is 477 g/mol. The van der Waals surface area contributed by atoms with Crippen molar-refractivity contribution >= 4 is 68.0 Å². The number of para-hydroxylation sites is 1. The van der Waals surface area contributed by atoms with Gasteiger partial charge in [0.05, 0.1) is 22.8 Å². The number of benzene rings is 1. The molecule has 1 aromatic carbocycles. The lowest BCUT2D eigenvalue weighted by Crippen LogP contribution is -2.16. The fourth-order valence-electron chi connectivity index (χ4n) is 2.55. The van der Waals surface area contributed by atoms with Gasteiger partial charge in [-0.15, -0.1) is 21.5 Å². The number of amides is 2. The Hall–Kier alpha value is -2.96. The van der Waals surface area contributed by atoms with Gasteiger partial charge in [0.25, 0.3) is 5.91 Å². The lowest BCUT2D eigenvalue weighted by Gasteiger charge is -2.06. The number of carbonyl (C=O) groups excluding carboxylic acids is 3. The van der Waals surface area contributed by atoms with Gasteiger partial charge in [0, 0.05) is 5.69 Å². The summed E-state index contributed by atoms with van der Waals surface area (Å²) in [5.74, 6) is -1.30. The molecule has 0 atom stereocenters. The van der Waals surface area contributed by atoms with E-state index in [2.05, 4.69) is 20.8 Å². The molecule has 0 aliphatic heterocycles. The highest BCUT2D eigenvalue weighted by atomic mass is 32.2. The number of anilines is 3. The average molecular weight is 478 g/mol. The van der Waals surface area contributed by atoms with Gasteiger partial charge < -0.3 is 21.1 Å². The summed E-state index contributed by atoms with van der Waals surface area (Å²) < 4.78 is 5.68. The summed E-state index contributed by atoms with van der Waals surface area (Å²) in [6.07, 6.45) is 0. The van der Waals surface area contributed by atoms with Crippen molar-refractivity contribution in [1.82, 2.24) is 10.2 Å². The number of esters is 1. The third-order valence-corrected chi connectivity index (χ3v) is 6.96. The van der Waals surface area contributed by atoms with Gasteiger partial charge in [0.2, 0.25) is 11.0 Å². The molecule has 0 aliphatic rings. The van der Waals surface area contributed by atoms with E-state index in [1.54, 1.807) is 38.1 Å². The molecule has 2 amide bonds. The predicted molar refractivity (Wildman–Crippen MR) is 123 cm³/mol. The molecule has 0 aliphatic carbocycles. The Labute approximate surface area is 190 Å². The summed E-state index contributed by atoms with van der Waals surface area (Å²) >= 11 is 3.37. The first-order chi connectivity index (χ1) is 14.9. The maximum atomic E-state index is 12.8. The molecule has 12 heteroatoms. The highest BCUT2D eigenvalue weighted by Crippen LogP contribution is 2.34. The number of carbonyl (C=O) groups is 3. The van der Waals surface area contributed by atoms with Crippen molar-refractivity contribution in [1.29, 1.82) is 0 Å². The minimum absolute atomic E-state index is 0.0411. The fraction of sp³-hybridized carbons (Fsp3) is 0.211. The van der Waals surface area contributed by atoms with E-state index < -0.39 is 5.97 Å². The minimum atomic E-state index is -0.602. The second-order valence-electron chi connectivity index (χ2n) is 6.04. The minimum Gasteiger partial charge on any atom is -0.462 e. The van der Waals surface area contributed by atoms with Crippen LogP contribution in [0.15, 0.2) is 34.7 Å². The zero-order valence-corrected chi connectivity index (χ0v) is 19.1. The number of thiophene rings is 1. The van der Waals surface area contributed by atoms with E-state index in [9.17, 15) is 14.4 Å². The van der Waals surface area contributed by atoms with Crippen LogP contribution in [-0.2, 0) is 9.53 Å². The molecule has 0 saturated carbocycles. The Bertz CT molecular complexity index is 1100. The summed E-state index contributed by atoms with van der Waals surface area (Å²) in [7, 11) is 0. The summed E-state index contributed by atoms with van der Waals surface area (Å²) in [5, 5.41) is 13.6. The van der Waals surface area contributed by atoms with Crippen molar-refractivity contribution in [2.75, 3.05) is 28.7 Å². The van der Waals surface area contributed by atoms with Crippen LogP contribution in [0.1, 0.15) is 32.5 Å². The van der Waals surface area contributed by atoms with Gasteiger partial charge in [-0.1, -0.05) is 41.3 Å². The van der Waals surface area contributed by atoms with Crippen LogP contribution < -0.4 is 16.4 Å². The second kappa shape index (κ2) is 10.4. The van der Waals surface area contributed by atoms with Crippen LogP contribution in [0.3, 0.4) is 0 Å². The van der Waals surface area contributed by atoms with E-state index in [-0.39, 0.29) is 34.7 Å². The average Bonchev–Trinajstić information content (AvgIpc) is 3.30. The van der Waals surface area contributed by atoms with Crippen molar-refractivity contribution < 1.29 is 19.1 Å². The summed E-state index contributed by atoms with van der Waals surface area (Å²) in [4.78, 5) is 38.1. The highest BCUT2D eigenvalue weighted by molar-refractivity contribution is 8.01. The van der Waals surface area contributed by atoms with Gasteiger partial charge in [0.1, 0.15) is 5.00 Å². The number of ether oxygens (including phenoxy) is 1. The number of hydrogen-bond donors (Lipinski definition) is 3. The van der Waals surface area contributed by atoms with Crippen LogP contribution in [-0.4, -0.2) is 40.3 Å². The molecule has 0 saturated heterocycles. The number of aromatic nitrogens is 2. The third kappa shape index (κ3) is 5.81. The molecular weight excluding hydrogens is 458 g/mol. The summed E-state index contributed by atoms with van der Waals surface area (Å²) in [5.41, 5.74) is 6.77. The van der Waals surface area contributed by atoms with Crippen molar-refractivity contribution in [2.24, 2.45) is 0 Å². The Morgan fingerprint density at radius 2 is 1.87 bits per heavy atom. The van der Waals surface area contributed by atoms with Crippen molar-refractivity contribution in [2.45, 2.75) is 18.2 Å². The Morgan fingerprint density at radius 1 is 1.13 bits per heavy atom. The molecule has 0 spiro atoms. The normalized spacial score (nSPS) is 10.5. The highest BCUT2D eigenvalue weighted by Gasteiger charge is 2.26. The maximum Gasteiger partial charge on any atom is 0.341 e. The van der Waals surface area contributed by atoms with Crippen molar-refractivity contribution in [3.63, 3.8) is 0 Å². The van der Waals surface area contributed by atoms with Gasteiger partial charge in [-0.2, -0.15) is 0 Å². The number of rotatable bonds is 8. The zero-order chi connectivity index (χ0) is 22.4. The third-order valence-electron chi connectivity index (χ3n) is 3.87. The predicted octanol–water partition coefficient (Wildman–Crippen LogP) is 3.65.